The maximum absolute atomic E-state index is 13.0. The maximum atomic E-state index is 13.0. The molecule has 3 aromatic carbocycles. The molecule has 0 aliphatic carbocycles. The van der Waals surface area contributed by atoms with Crippen LogP contribution in [0, 0.1) is 0 Å². The highest BCUT2D eigenvalue weighted by Crippen LogP contribution is 2.31. The van der Waals surface area contributed by atoms with E-state index in [2.05, 4.69) is 10.3 Å². The molecule has 0 fully saturated rings. The van der Waals surface area contributed by atoms with Crippen LogP contribution in [0.4, 0.5) is 5.69 Å². The molecule has 1 aromatic heterocycles. The van der Waals surface area contributed by atoms with E-state index in [1.807, 2.05) is 72.8 Å². The van der Waals surface area contributed by atoms with E-state index in [-0.39, 0.29) is 18.4 Å². The monoisotopic (exact) mass is 411 g/mol. The van der Waals surface area contributed by atoms with Gasteiger partial charge >= 0.3 is 0 Å². The number of fused-ring (bicyclic) bond motifs is 2. The molecule has 1 atom stereocenters. The van der Waals surface area contributed by atoms with Crippen LogP contribution < -0.4 is 15.0 Å². The third kappa shape index (κ3) is 3.42. The second-order valence-electron chi connectivity index (χ2n) is 7.52. The average Bonchev–Trinajstić information content (AvgIpc) is 3.22. The average molecular weight is 411 g/mol. The second kappa shape index (κ2) is 7.65. The van der Waals surface area contributed by atoms with Crippen molar-refractivity contribution in [1.82, 2.24) is 10.3 Å². The van der Waals surface area contributed by atoms with E-state index in [0.29, 0.717) is 17.1 Å². The minimum Gasteiger partial charge on any atom is -0.489 e. The summed E-state index contributed by atoms with van der Waals surface area (Å²) >= 11 is 0. The Hall–Kier alpha value is -4.06. The lowest BCUT2D eigenvalue weighted by atomic mass is 10.0. The molecular weight excluding hydrogens is 390 g/mol. The molecule has 2 heterocycles. The molecule has 6 nitrogen and oxygen atoms in total. The first-order chi connectivity index (χ1) is 15.1. The molecule has 0 saturated heterocycles. The van der Waals surface area contributed by atoms with E-state index in [1.165, 1.54) is 4.90 Å². The van der Waals surface area contributed by atoms with Gasteiger partial charge in [0.25, 0.3) is 11.8 Å². The van der Waals surface area contributed by atoms with Crippen molar-refractivity contribution in [1.29, 1.82) is 0 Å². The summed E-state index contributed by atoms with van der Waals surface area (Å²) in [4.78, 5) is 30.7. The van der Waals surface area contributed by atoms with E-state index in [0.717, 1.165) is 22.0 Å². The van der Waals surface area contributed by atoms with E-state index in [1.54, 1.807) is 13.1 Å². The molecular formula is C25H21N3O3. The third-order valence-electron chi connectivity index (χ3n) is 5.55. The number of aromatic amines is 1. The maximum Gasteiger partial charge on any atom is 0.268 e. The number of nitrogens with one attached hydrogen (secondary N) is 2. The van der Waals surface area contributed by atoms with Crippen molar-refractivity contribution in [2.24, 2.45) is 0 Å². The first kappa shape index (κ1) is 18.9. The fraction of sp³-hybridized carbons (Fsp3) is 0.120. The number of benzene rings is 3. The molecule has 31 heavy (non-hydrogen) atoms. The number of amides is 2. The standard InChI is InChI=1S/C25H21N3O3/c1-28-21-12-5-6-13-22(21)31-15-20(25(28)30)27-24(29)19-14-17-10-7-11-18(23(17)26-19)16-8-3-2-4-9-16/h2-14,20,26H,15H2,1H3,(H,27,29)/t20-/m0/s1. The Bertz CT molecular complexity index is 1280. The Kier molecular flexibility index (Phi) is 4.67. The quantitative estimate of drug-likeness (QED) is 0.535. The fourth-order valence-electron chi connectivity index (χ4n) is 3.93. The van der Waals surface area contributed by atoms with Gasteiger partial charge in [-0.05, 0) is 23.8 Å². The normalized spacial score (nSPS) is 15.8. The highest BCUT2D eigenvalue weighted by molar-refractivity contribution is 6.05. The fourth-order valence-corrected chi connectivity index (χ4v) is 3.93. The van der Waals surface area contributed by atoms with Crippen LogP contribution in [0.5, 0.6) is 5.75 Å². The topological polar surface area (TPSA) is 74.4 Å². The van der Waals surface area contributed by atoms with Gasteiger partial charge in [0.1, 0.15) is 24.1 Å². The summed E-state index contributed by atoms with van der Waals surface area (Å²) in [6.07, 6.45) is 0. The Balaban J connectivity index is 1.42. The van der Waals surface area contributed by atoms with E-state index < -0.39 is 6.04 Å². The minimum atomic E-state index is -0.787. The molecule has 0 bridgehead atoms. The zero-order valence-electron chi connectivity index (χ0n) is 17.0. The van der Waals surface area contributed by atoms with Gasteiger partial charge in [-0.3, -0.25) is 9.59 Å². The molecule has 6 heteroatoms. The Morgan fingerprint density at radius 3 is 2.65 bits per heavy atom. The van der Waals surface area contributed by atoms with Gasteiger partial charge < -0.3 is 19.9 Å². The number of rotatable bonds is 3. The van der Waals surface area contributed by atoms with E-state index in [4.69, 9.17) is 4.74 Å². The molecule has 0 saturated carbocycles. The predicted octanol–water partition coefficient (Wildman–Crippen LogP) is 3.99. The number of nitrogens with zero attached hydrogens (tertiary/aromatic N) is 1. The van der Waals surface area contributed by atoms with Crippen LogP contribution in [0.2, 0.25) is 0 Å². The van der Waals surface area contributed by atoms with Crippen LogP contribution in [-0.2, 0) is 4.79 Å². The number of likely N-dealkylation sites (N-methyl/N-ethyl adjacent to an activating group) is 1. The van der Waals surface area contributed by atoms with Crippen molar-refractivity contribution >= 4 is 28.4 Å². The molecule has 0 unspecified atom stereocenters. The highest BCUT2D eigenvalue weighted by atomic mass is 16.5. The van der Waals surface area contributed by atoms with Gasteiger partial charge in [0.05, 0.1) is 11.2 Å². The first-order valence-electron chi connectivity index (χ1n) is 10.1. The van der Waals surface area contributed by atoms with Crippen LogP contribution in [0.15, 0.2) is 78.9 Å². The van der Waals surface area contributed by atoms with Crippen LogP contribution >= 0.6 is 0 Å². The second-order valence-corrected chi connectivity index (χ2v) is 7.52. The summed E-state index contributed by atoms with van der Waals surface area (Å²) in [6.45, 7) is 0.0709. The number of carbonyl (C=O) groups is 2. The molecule has 154 valence electrons. The van der Waals surface area contributed by atoms with Crippen molar-refractivity contribution in [2.45, 2.75) is 6.04 Å². The molecule has 0 spiro atoms. The largest absolute Gasteiger partial charge is 0.489 e. The Morgan fingerprint density at radius 1 is 1.03 bits per heavy atom. The van der Waals surface area contributed by atoms with Crippen LogP contribution in [0.25, 0.3) is 22.0 Å². The van der Waals surface area contributed by atoms with E-state index >= 15 is 0 Å². The number of ether oxygens (including phenoxy) is 1. The van der Waals surface area contributed by atoms with Crippen LogP contribution in [-0.4, -0.2) is 36.5 Å². The lowest BCUT2D eigenvalue weighted by Gasteiger charge is -2.20. The van der Waals surface area contributed by atoms with Crippen molar-refractivity contribution in [3.63, 3.8) is 0 Å². The van der Waals surface area contributed by atoms with Crippen molar-refractivity contribution < 1.29 is 14.3 Å². The van der Waals surface area contributed by atoms with Crippen molar-refractivity contribution in [3.8, 4) is 16.9 Å². The Morgan fingerprint density at radius 2 is 1.81 bits per heavy atom. The lowest BCUT2D eigenvalue weighted by molar-refractivity contribution is -0.120. The number of hydrogen-bond acceptors (Lipinski definition) is 3. The van der Waals surface area contributed by atoms with Gasteiger partial charge in [0, 0.05) is 18.0 Å². The number of aromatic nitrogens is 1. The molecule has 2 N–H and O–H groups in total. The molecule has 1 aliphatic heterocycles. The third-order valence-corrected chi connectivity index (χ3v) is 5.55. The smallest absolute Gasteiger partial charge is 0.268 e. The number of anilines is 1. The summed E-state index contributed by atoms with van der Waals surface area (Å²) in [5.41, 5.74) is 4.04. The summed E-state index contributed by atoms with van der Waals surface area (Å²) in [5, 5.41) is 3.75. The number of hydrogen-bond donors (Lipinski definition) is 2. The minimum absolute atomic E-state index is 0.0709. The van der Waals surface area contributed by atoms with Gasteiger partial charge in [-0.2, -0.15) is 0 Å². The van der Waals surface area contributed by atoms with Crippen LogP contribution in [0.1, 0.15) is 10.5 Å². The van der Waals surface area contributed by atoms with Gasteiger partial charge in [-0.1, -0.05) is 60.7 Å². The first-order valence-corrected chi connectivity index (χ1v) is 10.1. The number of carbonyl (C=O) groups excluding carboxylic acids is 2. The molecule has 1 aliphatic rings. The van der Waals surface area contributed by atoms with Gasteiger partial charge in [0.2, 0.25) is 0 Å². The lowest BCUT2D eigenvalue weighted by Crippen LogP contribution is -2.49. The van der Waals surface area contributed by atoms with Gasteiger partial charge in [-0.25, -0.2) is 0 Å². The van der Waals surface area contributed by atoms with Crippen LogP contribution in [0.3, 0.4) is 0 Å². The summed E-state index contributed by atoms with van der Waals surface area (Å²) < 4.78 is 5.79. The summed E-state index contributed by atoms with van der Waals surface area (Å²) in [6, 6.07) is 24.3. The zero-order valence-corrected chi connectivity index (χ0v) is 17.0. The molecule has 5 rings (SSSR count). The molecule has 0 radical (unpaired) electrons. The molecule has 2 amide bonds. The number of H-pyrrole nitrogens is 1. The summed E-state index contributed by atoms with van der Waals surface area (Å²) in [5.74, 6) is 0.0455. The van der Waals surface area contributed by atoms with Crippen molar-refractivity contribution in [2.75, 3.05) is 18.6 Å². The van der Waals surface area contributed by atoms with Crippen molar-refractivity contribution in [3.05, 3.63) is 84.6 Å². The molecule has 4 aromatic rings. The predicted molar refractivity (Wildman–Crippen MR) is 120 cm³/mol. The SMILES string of the molecule is CN1C(=O)[C@@H](NC(=O)c2cc3cccc(-c4ccccc4)c3[nH]2)COc2ccccc21. The van der Waals surface area contributed by atoms with Gasteiger partial charge in [-0.15, -0.1) is 0 Å². The Labute approximate surface area is 179 Å². The highest BCUT2D eigenvalue weighted by Gasteiger charge is 2.30. The van der Waals surface area contributed by atoms with E-state index in [9.17, 15) is 9.59 Å². The summed E-state index contributed by atoms with van der Waals surface area (Å²) in [7, 11) is 1.68. The van der Waals surface area contributed by atoms with Gasteiger partial charge in [0.15, 0.2) is 0 Å². The zero-order chi connectivity index (χ0) is 21.4. The number of para-hydroxylation sites is 3.